The number of amides is 4. The number of carbonyl (C=O) groups excluding carboxylic acids is 3. The van der Waals surface area contributed by atoms with E-state index in [1.54, 1.807) is 22.7 Å². The molecule has 1 aliphatic carbocycles. The lowest BCUT2D eigenvalue weighted by Gasteiger charge is -2.36. The largest absolute Gasteiger partial charge is 0.329 e. The molecule has 1 saturated carbocycles. The van der Waals surface area contributed by atoms with Crippen molar-refractivity contribution in [1.82, 2.24) is 15.1 Å². The van der Waals surface area contributed by atoms with Crippen LogP contribution in [0.1, 0.15) is 53.5 Å². The minimum Gasteiger partial charge on any atom is -0.329 e. The zero-order valence-corrected chi connectivity index (χ0v) is 17.7. The summed E-state index contributed by atoms with van der Waals surface area (Å²) in [6.45, 7) is 0.414. The van der Waals surface area contributed by atoms with Gasteiger partial charge in [-0.05, 0) is 47.7 Å². The Hall–Kier alpha value is -2.19. The first kappa shape index (κ1) is 18.8. The molecule has 152 valence electrons. The van der Waals surface area contributed by atoms with Crippen LogP contribution in [0.3, 0.4) is 0 Å². The summed E-state index contributed by atoms with van der Waals surface area (Å²) in [7, 11) is 0. The van der Waals surface area contributed by atoms with Gasteiger partial charge in [0.1, 0.15) is 12.1 Å². The molecule has 29 heavy (non-hydrogen) atoms. The van der Waals surface area contributed by atoms with Crippen molar-refractivity contribution in [2.24, 2.45) is 0 Å². The number of hydrogen-bond acceptors (Lipinski definition) is 5. The van der Waals surface area contributed by atoms with Gasteiger partial charge in [-0.25, -0.2) is 4.79 Å². The van der Waals surface area contributed by atoms with Crippen LogP contribution < -0.4 is 5.32 Å². The van der Waals surface area contributed by atoms with Crippen LogP contribution in [-0.4, -0.2) is 46.3 Å². The Morgan fingerprint density at radius 2 is 1.97 bits per heavy atom. The number of urea groups is 1. The molecular weight excluding hydrogens is 406 g/mol. The summed E-state index contributed by atoms with van der Waals surface area (Å²) >= 11 is 3.36. The molecule has 3 aliphatic rings. The van der Waals surface area contributed by atoms with Gasteiger partial charge >= 0.3 is 6.03 Å². The maximum Gasteiger partial charge on any atom is 0.325 e. The highest BCUT2D eigenvalue weighted by Gasteiger charge is 2.52. The highest BCUT2D eigenvalue weighted by atomic mass is 32.1. The highest BCUT2D eigenvalue weighted by molar-refractivity contribution is 7.10. The molecule has 4 heterocycles. The van der Waals surface area contributed by atoms with E-state index in [0.29, 0.717) is 19.4 Å². The summed E-state index contributed by atoms with van der Waals surface area (Å²) in [5.74, 6) is -0.395. The number of imide groups is 1. The van der Waals surface area contributed by atoms with E-state index < -0.39 is 11.6 Å². The molecule has 8 heteroatoms. The molecule has 5 rings (SSSR count). The van der Waals surface area contributed by atoms with E-state index in [4.69, 9.17) is 0 Å². The van der Waals surface area contributed by atoms with E-state index in [1.807, 2.05) is 22.4 Å². The average molecular weight is 430 g/mol. The predicted molar refractivity (Wildman–Crippen MR) is 112 cm³/mol. The lowest BCUT2D eigenvalue weighted by atomic mass is 9.82. The van der Waals surface area contributed by atoms with Crippen molar-refractivity contribution in [3.8, 4) is 0 Å². The van der Waals surface area contributed by atoms with Crippen molar-refractivity contribution in [3.05, 3.63) is 44.3 Å². The van der Waals surface area contributed by atoms with E-state index in [0.717, 1.165) is 41.0 Å². The van der Waals surface area contributed by atoms with Crippen molar-refractivity contribution in [3.63, 3.8) is 0 Å². The maximum atomic E-state index is 13.3. The Kier molecular flexibility index (Phi) is 4.70. The number of thiophene rings is 2. The Morgan fingerprint density at radius 3 is 2.72 bits per heavy atom. The van der Waals surface area contributed by atoms with Gasteiger partial charge in [0.05, 0.1) is 6.04 Å². The molecule has 1 spiro atoms. The molecule has 2 aliphatic heterocycles. The quantitative estimate of drug-likeness (QED) is 0.759. The molecular formula is C21H23N3O3S2. The maximum absolute atomic E-state index is 13.3. The van der Waals surface area contributed by atoms with Crippen LogP contribution in [-0.2, 0) is 16.0 Å². The fourth-order valence-electron chi connectivity index (χ4n) is 4.88. The third-order valence-electron chi connectivity index (χ3n) is 6.35. The Morgan fingerprint density at radius 1 is 1.14 bits per heavy atom. The molecule has 1 atom stereocenters. The number of nitrogens with zero attached hydrogens (tertiary/aromatic N) is 2. The summed E-state index contributed by atoms with van der Waals surface area (Å²) in [6, 6.07) is 5.57. The SMILES string of the molecule is O=C1NC2(CCCCC2)C(=O)N1CC(=O)N1CCc2sccc2C1c1cccs1. The smallest absolute Gasteiger partial charge is 0.325 e. The zero-order chi connectivity index (χ0) is 20.0. The van der Waals surface area contributed by atoms with Gasteiger partial charge in [0.15, 0.2) is 0 Å². The topological polar surface area (TPSA) is 69.7 Å². The van der Waals surface area contributed by atoms with Gasteiger partial charge < -0.3 is 10.2 Å². The van der Waals surface area contributed by atoms with E-state index in [2.05, 4.69) is 16.8 Å². The second kappa shape index (κ2) is 7.25. The standard InChI is InChI=1S/C21H23N3O3S2/c25-17(13-24-19(26)21(22-20(24)27)8-2-1-3-9-21)23-10-6-15-14(7-12-29-15)18(23)16-5-4-11-28-16/h4-5,7,11-12,18H,1-3,6,8-10,13H2,(H,22,27). The zero-order valence-electron chi connectivity index (χ0n) is 16.1. The molecule has 1 unspecified atom stereocenters. The lowest BCUT2D eigenvalue weighted by Crippen LogP contribution is -2.49. The van der Waals surface area contributed by atoms with Crippen LogP contribution in [0.5, 0.6) is 0 Å². The first-order valence-corrected chi connectivity index (χ1v) is 11.9. The molecule has 2 aromatic rings. The number of nitrogens with one attached hydrogen (secondary N) is 1. The fourth-order valence-corrected chi connectivity index (χ4v) is 6.64. The van der Waals surface area contributed by atoms with Gasteiger partial charge in [0.25, 0.3) is 5.91 Å². The molecule has 1 N–H and O–H groups in total. The van der Waals surface area contributed by atoms with Crippen molar-refractivity contribution in [1.29, 1.82) is 0 Å². The predicted octanol–water partition coefficient (Wildman–Crippen LogP) is 3.54. The Labute approximate surface area is 177 Å². The molecule has 2 fully saturated rings. The molecule has 4 amide bonds. The lowest BCUT2D eigenvalue weighted by molar-refractivity contribution is -0.140. The van der Waals surface area contributed by atoms with E-state index in [-0.39, 0.29) is 24.4 Å². The monoisotopic (exact) mass is 429 g/mol. The first-order valence-electron chi connectivity index (χ1n) is 10.1. The van der Waals surface area contributed by atoms with E-state index >= 15 is 0 Å². The van der Waals surface area contributed by atoms with E-state index in [1.165, 1.54) is 4.88 Å². The Balaban J connectivity index is 1.39. The average Bonchev–Trinajstić information content (AvgIpc) is 3.46. The van der Waals surface area contributed by atoms with Crippen molar-refractivity contribution in [2.75, 3.05) is 13.1 Å². The van der Waals surface area contributed by atoms with Gasteiger partial charge in [-0.15, -0.1) is 22.7 Å². The third kappa shape index (κ3) is 3.09. The van der Waals surface area contributed by atoms with Crippen LogP contribution in [0.25, 0.3) is 0 Å². The van der Waals surface area contributed by atoms with Gasteiger partial charge in [0, 0.05) is 16.3 Å². The molecule has 0 radical (unpaired) electrons. The molecule has 6 nitrogen and oxygen atoms in total. The Bertz CT molecular complexity index is 946. The van der Waals surface area contributed by atoms with Crippen LogP contribution in [0.2, 0.25) is 0 Å². The number of fused-ring (bicyclic) bond motifs is 1. The fraction of sp³-hybridized carbons (Fsp3) is 0.476. The molecule has 1 saturated heterocycles. The normalized spacial score (nSPS) is 23.4. The van der Waals surface area contributed by atoms with Crippen LogP contribution in [0.4, 0.5) is 4.79 Å². The second-order valence-corrected chi connectivity index (χ2v) is 10.00. The van der Waals surface area contributed by atoms with Gasteiger partial charge in [-0.1, -0.05) is 25.3 Å². The number of carbonyl (C=O) groups is 3. The van der Waals surface area contributed by atoms with Crippen LogP contribution >= 0.6 is 22.7 Å². The third-order valence-corrected chi connectivity index (χ3v) is 8.27. The molecule has 0 bridgehead atoms. The highest BCUT2D eigenvalue weighted by Crippen LogP contribution is 2.40. The summed E-state index contributed by atoms with van der Waals surface area (Å²) in [6.07, 6.45) is 5.10. The van der Waals surface area contributed by atoms with Crippen molar-refractivity contribution >= 4 is 40.5 Å². The minimum absolute atomic E-state index is 0.137. The minimum atomic E-state index is -0.787. The van der Waals surface area contributed by atoms with Crippen molar-refractivity contribution < 1.29 is 14.4 Å². The molecule has 2 aromatic heterocycles. The summed E-state index contributed by atoms with van der Waals surface area (Å²) in [5, 5.41) is 6.99. The van der Waals surface area contributed by atoms with Gasteiger partial charge in [-0.3, -0.25) is 14.5 Å². The van der Waals surface area contributed by atoms with Crippen LogP contribution in [0, 0.1) is 0 Å². The van der Waals surface area contributed by atoms with Crippen LogP contribution in [0.15, 0.2) is 29.0 Å². The number of rotatable bonds is 3. The summed E-state index contributed by atoms with van der Waals surface area (Å²) < 4.78 is 0. The second-order valence-electron chi connectivity index (χ2n) is 8.02. The summed E-state index contributed by atoms with van der Waals surface area (Å²) in [5.41, 5.74) is 0.378. The van der Waals surface area contributed by atoms with E-state index in [9.17, 15) is 14.4 Å². The number of hydrogen-bond donors (Lipinski definition) is 1. The molecule has 0 aromatic carbocycles. The van der Waals surface area contributed by atoms with Gasteiger partial charge in [0.2, 0.25) is 5.91 Å². The van der Waals surface area contributed by atoms with Crippen molar-refractivity contribution in [2.45, 2.75) is 50.1 Å². The first-order chi connectivity index (χ1) is 14.1. The summed E-state index contributed by atoms with van der Waals surface area (Å²) in [4.78, 5) is 44.3. The van der Waals surface area contributed by atoms with Gasteiger partial charge in [-0.2, -0.15) is 0 Å².